The van der Waals surface area contributed by atoms with Gasteiger partial charge in [0.1, 0.15) is 11.6 Å². The van der Waals surface area contributed by atoms with E-state index in [2.05, 4.69) is 14.9 Å². The molecule has 0 amide bonds. The minimum atomic E-state index is -0.268. The molecule has 6 heteroatoms. The Bertz CT molecular complexity index is 711. The Hall–Kier alpha value is -2.21. The van der Waals surface area contributed by atoms with Crippen LogP contribution in [0.2, 0.25) is 0 Å². The molecule has 2 aromatic rings. The maximum absolute atomic E-state index is 13.1. The van der Waals surface area contributed by atoms with Crippen molar-refractivity contribution in [2.24, 2.45) is 5.92 Å². The topological polar surface area (TPSA) is 58.2 Å². The molecular formula is C18H22FN3O2. The van der Waals surface area contributed by atoms with Gasteiger partial charge in [-0.15, -0.1) is 0 Å². The zero-order chi connectivity index (χ0) is 16.8. The summed E-state index contributed by atoms with van der Waals surface area (Å²) in [5.74, 6) is 0.830. The zero-order valence-corrected chi connectivity index (χ0v) is 13.6. The molecule has 1 aromatic heterocycles. The van der Waals surface area contributed by atoms with Crippen molar-refractivity contribution >= 4 is 0 Å². The number of benzene rings is 1. The van der Waals surface area contributed by atoms with E-state index in [4.69, 9.17) is 4.74 Å². The lowest BCUT2D eigenvalue weighted by Gasteiger charge is -2.31. The average Bonchev–Trinajstić information content (AvgIpc) is 2.59. The Balaban J connectivity index is 1.38. The van der Waals surface area contributed by atoms with E-state index in [1.807, 2.05) is 0 Å². The SMILES string of the molecule is O=c1cncc(CCN2CCC(COc3cccc(F)c3)CC2)[nH]1. The van der Waals surface area contributed by atoms with E-state index < -0.39 is 0 Å². The molecule has 1 saturated heterocycles. The number of nitrogens with one attached hydrogen (secondary N) is 1. The van der Waals surface area contributed by atoms with E-state index in [0.717, 1.165) is 44.6 Å². The van der Waals surface area contributed by atoms with Crippen molar-refractivity contribution < 1.29 is 9.13 Å². The third-order valence-corrected chi connectivity index (χ3v) is 4.39. The zero-order valence-electron chi connectivity index (χ0n) is 13.6. The first-order chi connectivity index (χ1) is 11.7. The van der Waals surface area contributed by atoms with Gasteiger partial charge >= 0.3 is 0 Å². The van der Waals surface area contributed by atoms with Crippen LogP contribution >= 0.6 is 0 Å². The van der Waals surface area contributed by atoms with Crippen molar-refractivity contribution in [2.45, 2.75) is 19.3 Å². The highest BCUT2D eigenvalue weighted by Gasteiger charge is 2.19. The van der Waals surface area contributed by atoms with Crippen LogP contribution in [-0.4, -0.2) is 41.1 Å². The molecule has 128 valence electrons. The number of aromatic nitrogens is 2. The lowest BCUT2D eigenvalue weighted by atomic mass is 9.97. The number of H-pyrrole nitrogens is 1. The summed E-state index contributed by atoms with van der Waals surface area (Å²) in [6.45, 7) is 3.58. The quantitative estimate of drug-likeness (QED) is 0.882. The van der Waals surface area contributed by atoms with Gasteiger partial charge in [0.15, 0.2) is 0 Å². The first-order valence-corrected chi connectivity index (χ1v) is 8.33. The van der Waals surface area contributed by atoms with Gasteiger partial charge in [-0.25, -0.2) is 4.39 Å². The number of piperidine rings is 1. The number of ether oxygens (including phenoxy) is 1. The standard InChI is InChI=1S/C18H22FN3O2/c19-15-2-1-3-17(10-15)24-13-14-4-7-22(8-5-14)9-6-16-11-20-12-18(23)21-16/h1-3,10-12,14H,4-9,13H2,(H,21,23). The summed E-state index contributed by atoms with van der Waals surface area (Å²) >= 11 is 0. The monoisotopic (exact) mass is 331 g/mol. The van der Waals surface area contributed by atoms with Crippen LogP contribution in [0.4, 0.5) is 4.39 Å². The van der Waals surface area contributed by atoms with Crippen molar-refractivity contribution in [3.63, 3.8) is 0 Å². The fourth-order valence-corrected chi connectivity index (χ4v) is 2.97. The average molecular weight is 331 g/mol. The van der Waals surface area contributed by atoms with E-state index in [0.29, 0.717) is 18.3 Å². The molecule has 0 spiro atoms. The minimum Gasteiger partial charge on any atom is -0.493 e. The summed E-state index contributed by atoms with van der Waals surface area (Å²) in [5, 5.41) is 0. The minimum absolute atomic E-state index is 0.152. The van der Waals surface area contributed by atoms with E-state index in [9.17, 15) is 9.18 Å². The molecule has 1 aliphatic heterocycles. The molecule has 0 unspecified atom stereocenters. The van der Waals surface area contributed by atoms with Crippen molar-refractivity contribution in [3.05, 3.63) is 58.5 Å². The third kappa shape index (κ3) is 4.89. The van der Waals surface area contributed by atoms with Crippen LogP contribution < -0.4 is 10.3 Å². The molecule has 0 bridgehead atoms. The van der Waals surface area contributed by atoms with Crippen LogP contribution in [0.5, 0.6) is 5.75 Å². The summed E-state index contributed by atoms with van der Waals surface area (Å²) in [4.78, 5) is 20.3. The summed E-state index contributed by atoms with van der Waals surface area (Å²) < 4.78 is 18.8. The molecule has 24 heavy (non-hydrogen) atoms. The van der Waals surface area contributed by atoms with Gasteiger partial charge in [-0.3, -0.25) is 9.78 Å². The molecule has 1 N–H and O–H groups in total. The molecule has 3 rings (SSSR count). The maximum Gasteiger partial charge on any atom is 0.266 e. The molecule has 1 aromatic carbocycles. The Morgan fingerprint density at radius 2 is 2.12 bits per heavy atom. The van der Waals surface area contributed by atoms with Crippen LogP contribution in [0, 0.1) is 11.7 Å². The molecule has 0 atom stereocenters. The number of hydrogen-bond donors (Lipinski definition) is 1. The van der Waals surface area contributed by atoms with Crippen molar-refractivity contribution in [1.29, 1.82) is 0 Å². The number of nitrogens with zero attached hydrogens (tertiary/aromatic N) is 2. The summed E-state index contributed by atoms with van der Waals surface area (Å²) in [5.41, 5.74) is 0.722. The number of rotatable bonds is 6. The van der Waals surface area contributed by atoms with Gasteiger partial charge < -0.3 is 14.6 Å². The first kappa shape index (κ1) is 16.6. The Labute approximate surface area is 140 Å². The van der Waals surface area contributed by atoms with E-state index in [-0.39, 0.29) is 11.4 Å². The fraction of sp³-hybridized carbons (Fsp3) is 0.444. The number of likely N-dealkylation sites (tertiary alicyclic amines) is 1. The van der Waals surface area contributed by atoms with Gasteiger partial charge in [-0.1, -0.05) is 6.07 Å². The fourth-order valence-electron chi connectivity index (χ4n) is 2.97. The Morgan fingerprint density at radius 1 is 1.29 bits per heavy atom. The predicted octanol–water partition coefficient (Wildman–Crippen LogP) is 2.24. The Morgan fingerprint density at radius 3 is 2.88 bits per heavy atom. The van der Waals surface area contributed by atoms with Gasteiger partial charge in [0.25, 0.3) is 5.56 Å². The second kappa shape index (κ2) is 8.06. The number of hydrogen-bond acceptors (Lipinski definition) is 4. The van der Waals surface area contributed by atoms with Crippen molar-refractivity contribution in [2.75, 3.05) is 26.2 Å². The Kier molecular flexibility index (Phi) is 5.59. The number of aromatic amines is 1. The van der Waals surface area contributed by atoms with Gasteiger partial charge in [-0.05, 0) is 44.0 Å². The normalized spacial score (nSPS) is 16.2. The highest BCUT2D eigenvalue weighted by Crippen LogP contribution is 2.20. The molecule has 1 fully saturated rings. The second-order valence-corrected chi connectivity index (χ2v) is 6.23. The van der Waals surface area contributed by atoms with E-state index in [1.165, 1.54) is 18.3 Å². The molecule has 5 nitrogen and oxygen atoms in total. The largest absolute Gasteiger partial charge is 0.493 e. The van der Waals surface area contributed by atoms with Gasteiger partial charge in [0.2, 0.25) is 0 Å². The molecular weight excluding hydrogens is 309 g/mol. The van der Waals surface area contributed by atoms with Gasteiger partial charge in [0.05, 0.1) is 12.8 Å². The van der Waals surface area contributed by atoms with Crippen LogP contribution in [0.1, 0.15) is 18.5 Å². The van der Waals surface area contributed by atoms with Crippen LogP contribution in [0.15, 0.2) is 41.5 Å². The lowest BCUT2D eigenvalue weighted by Crippen LogP contribution is -2.37. The third-order valence-electron chi connectivity index (χ3n) is 4.39. The smallest absolute Gasteiger partial charge is 0.266 e. The van der Waals surface area contributed by atoms with Gasteiger partial charge in [-0.2, -0.15) is 0 Å². The molecule has 2 heterocycles. The second-order valence-electron chi connectivity index (χ2n) is 6.23. The van der Waals surface area contributed by atoms with E-state index in [1.54, 1.807) is 18.3 Å². The molecule has 1 aliphatic rings. The molecule has 0 saturated carbocycles. The van der Waals surface area contributed by atoms with Gasteiger partial charge in [0, 0.05) is 30.9 Å². The van der Waals surface area contributed by atoms with Crippen LogP contribution in [-0.2, 0) is 6.42 Å². The summed E-state index contributed by atoms with van der Waals surface area (Å²) in [6.07, 6.45) is 5.93. The maximum atomic E-state index is 13.1. The molecule has 0 aliphatic carbocycles. The highest BCUT2D eigenvalue weighted by atomic mass is 19.1. The highest BCUT2D eigenvalue weighted by molar-refractivity contribution is 5.22. The summed E-state index contributed by atoms with van der Waals surface area (Å²) in [6, 6.07) is 6.29. The van der Waals surface area contributed by atoms with Crippen LogP contribution in [0.3, 0.4) is 0 Å². The van der Waals surface area contributed by atoms with E-state index >= 15 is 0 Å². The number of halogens is 1. The predicted molar refractivity (Wildman–Crippen MR) is 89.6 cm³/mol. The lowest BCUT2D eigenvalue weighted by molar-refractivity contribution is 0.142. The van der Waals surface area contributed by atoms with Crippen molar-refractivity contribution in [3.8, 4) is 5.75 Å². The van der Waals surface area contributed by atoms with Crippen LogP contribution in [0.25, 0.3) is 0 Å². The molecule has 0 radical (unpaired) electrons. The summed E-state index contributed by atoms with van der Waals surface area (Å²) in [7, 11) is 0. The van der Waals surface area contributed by atoms with Crippen molar-refractivity contribution in [1.82, 2.24) is 14.9 Å². The first-order valence-electron chi connectivity index (χ1n) is 8.33.